The van der Waals surface area contributed by atoms with E-state index in [1.807, 2.05) is 0 Å². The van der Waals surface area contributed by atoms with Crippen LogP contribution in [-0.2, 0) is 14.3 Å². The van der Waals surface area contributed by atoms with Gasteiger partial charge in [-0.1, -0.05) is 120 Å². The average Bonchev–Trinajstić information content (AvgIpc) is 2.96. The van der Waals surface area contributed by atoms with E-state index in [9.17, 15) is 9.90 Å². The Hall–Kier alpha value is -1.91. The lowest BCUT2D eigenvalue weighted by molar-refractivity contribution is -0.154. The average molecular weight is 559 g/mol. The third kappa shape index (κ3) is 30.6. The molecule has 0 saturated carbocycles. The van der Waals surface area contributed by atoms with Crippen LogP contribution in [0.1, 0.15) is 136 Å². The van der Waals surface area contributed by atoms with Crippen molar-refractivity contribution in [2.45, 2.75) is 142 Å². The molecule has 0 bridgehead atoms. The van der Waals surface area contributed by atoms with Crippen LogP contribution in [0, 0.1) is 0 Å². The molecule has 40 heavy (non-hydrogen) atoms. The lowest BCUT2D eigenvalue weighted by Crippen LogP contribution is -2.27. The molecule has 0 rings (SSSR count). The fourth-order valence-corrected chi connectivity index (χ4v) is 4.14. The van der Waals surface area contributed by atoms with Gasteiger partial charge in [0.05, 0.1) is 13.2 Å². The van der Waals surface area contributed by atoms with Crippen LogP contribution in [0.5, 0.6) is 0 Å². The lowest BCUT2D eigenvalue weighted by Gasteiger charge is -2.15. The van der Waals surface area contributed by atoms with Gasteiger partial charge in [-0.25, -0.2) is 0 Å². The number of carbonyl (C=O) groups excluding carboxylic acids is 1. The predicted octanol–water partition coefficient (Wildman–Crippen LogP) is 10.1. The predicted molar refractivity (Wildman–Crippen MR) is 173 cm³/mol. The van der Waals surface area contributed by atoms with E-state index in [0.717, 1.165) is 70.6 Å². The van der Waals surface area contributed by atoms with Gasteiger partial charge in [-0.3, -0.25) is 4.79 Å². The summed E-state index contributed by atoms with van der Waals surface area (Å²) in [5.74, 6) is -0.224. The van der Waals surface area contributed by atoms with Gasteiger partial charge in [-0.2, -0.15) is 0 Å². The van der Waals surface area contributed by atoms with Gasteiger partial charge in [-0.15, -0.1) is 0 Å². The number of carbonyl (C=O) groups is 1. The molecule has 230 valence electrons. The summed E-state index contributed by atoms with van der Waals surface area (Å²) in [4.78, 5) is 12.0. The molecule has 0 radical (unpaired) electrons. The summed E-state index contributed by atoms with van der Waals surface area (Å²) >= 11 is 0. The minimum Gasteiger partial charge on any atom is -0.457 e. The summed E-state index contributed by atoms with van der Waals surface area (Å²) in [5.41, 5.74) is 0. The van der Waals surface area contributed by atoms with Crippen molar-refractivity contribution >= 4 is 5.97 Å². The Labute approximate surface area is 247 Å². The summed E-state index contributed by atoms with van der Waals surface area (Å²) < 4.78 is 11.0. The Balaban J connectivity index is 3.53. The van der Waals surface area contributed by atoms with Crippen molar-refractivity contribution in [3.8, 4) is 0 Å². The van der Waals surface area contributed by atoms with Crippen molar-refractivity contribution in [2.24, 2.45) is 0 Å². The second-order valence-corrected chi connectivity index (χ2v) is 10.5. The third-order valence-electron chi connectivity index (χ3n) is 6.56. The second-order valence-electron chi connectivity index (χ2n) is 10.5. The summed E-state index contributed by atoms with van der Waals surface area (Å²) in [6, 6.07) is 0. The lowest BCUT2D eigenvalue weighted by atomic mass is 10.1. The van der Waals surface area contributed by atoms with E-state index in [-0.39, 0.29) is 19.2 Å². The van der Waals surface area contributed by atoms with E-state index in [4.69, 9.17) is 9.47 Å². The van der Waals surface area contributed by atoms with Gasteiger partial charge in [0.25, 0.3) is 0 Å². The van der Waals surface area contributed by atoms with Gasteiger partial charge in [0.2, 0.25) is 0 Å². The summed E-state index contributed by atoms with van der Waals surface area (Å²) in [6.45, 7) is 5.10. The molecule has 1 unspecified atom stereocenters. The highest BCUT2D eigenvalue weighted by Crippen LogP contribution is 2.10. The van der Waals surface area contributed by atoms with Crippen LogP contribution in [0.2, 0.25) is 0 Å². The molecule has 4 nitrogen and oxygen atoms in total. The first-order valence-corrected chi connectivity index (χ1v) is 16.4. The fourth-order valence-electron chi connectivity index (χ4n) is 4.14. The molecule has 0 spiro atoms. The van der Waals surface area contributed by atoms with Gasteiger partial charge < -0.3 is 14.6 Å². The molecule has 0 aliphatic rings. The van der Waals surface area contributed by atoms with Gasteiger partial charge in [-0.05, 0) is 70.6 Å². The van der Waals surface area contributed by atoms with Crippen LogP contribution >= 0.6 is 0 Å². The van der Waals surface area contributed by atoms with Crippen molar-refractivity contribution in [1.82, 2.24) is 0 Å². The zero-order valence-electron chi connectivity index (χ0n) is 26.1. The molecule has 0 aliphatic heterocycles. The molecule has 0 aliphatic carbocycles. The van der Waals surface area contributed by atoms with Gasteiger partial charge in [0, 0.05) is 13.0 Å². The van der Waals surface area contributed by atoms with Crippen molar-refractivity contribution in [3.63, 3.8) is 0 Å². The highest BCUT2D eigenvalue weighted by molar-refractivity contribution is 5.69. The quantitative estimate of drug-likeness (QED) is 0.0564. The zero-order valence-corrected chi connectivity index (χ0v) is 26.1. The van der Waals surface area contributed by atoms with Crippen LogP contribution in [0.15, 0.2) is 60.8 Å². The van der Waals surface area contributed by atoms with Gasteiger partial charge in [0.15, 0.2) is 0 Å². The highest BCUT2D eigenvalue weighted by Gasteiger charge is 2.13. The van der Waals surface area contributed by atoms with Gasteiger partial charge >= 0.3 is 5.97 Å². The fraction of sp³-hybridized carbons (Fsp3) is 0.694. The summed E-state index contributed by atoms with van der Waals surface area (Å²) in [6.07, 6.45) is 42.5. The standard InChI is InChI=1S/C36H62O4/c1-3-5-7-9-11-13-15-16-17-18-19-20-21-22-24-26-28-30-32-39-34-35(33-37)40-36(38)31-29-27-25-23-14-12-10-8-6-4-2/h5,7-8,10-11,13,16-17,19-20,35,37H,3-4,6,9,12,14-15,18,21-34H2,1-2H3/b7-5-,10-8-,13-11-,17-16-,20-19-. The number of unbranched alkanes of at least 4 members (excludes halogenated alkanes) is 11. The number of ether oxygens (including phenoxy) is 2. The number of hydrogen-bond donors (Lipinski definition) is 1. The Morgan fingerprint density at radius 1 is 0.625 bits per heavy atom. The number of hydrogen-bond acceptors (Lipinski definition) is 4. The summed E-state index contributed by atoms with van der Waals surface area (Å²) in [7, 11) is 0. The molecule has 4 heteroatoms. The van der Waals surface area contributed by atoms with E-state index < -0.39 is 6.10 Å². The van der Waals surface area contributed by atoms with Crippen LogP contribution in [0.3, 0.4) is 0 Å². The molecule has 1 N–H and O–H groups in total. The molecular formula is C36H62O4. The molecular weight excluding hydrogens is 496 g/mol. The zero-order chi connectivity index (χ0) is 29.2. The normalized spacial score (nSPS) is 13.2. The first-order chi connectivity index (χ1) is 19.7. The number of rotatable bonds is 29. The van der Waals surface area contributed by atoms with Crippen molar-refractivity contribution in [1.29, 1.82) is 0 Å². The van der Waals surface area contributed by atoms with E-state index >= 15 is 0 Å². The molecule has 1 atom stereocenters. The van der Waals surface area contributed by atoms with Crippen LogP contribution < -0.4 is 0 Å². The second kappa shape index (κ2) is 33.3. The number of esters is 1. The Kier molecular flexibility index (Phi) is 31.7. The maximum atomic E-state index is 12.0. The number of aliphatic hydroxyl groups excluding tert-OH is 1. The highest BCUT2D eigenvalue weighted by atomic mass is 16.6. The number of allylic oxidation sites excluding steroid dienone is 10. The van der Waals surface area contributed by atoms with Gasteiger partial charge in [0.1, 0.15) is 6.10 Å². The minimum atomic E-state index is -0.548. The van der Waals surface area contributed by atoms with E-state index in [2.05, 4.69) is 74.6 Å². The maximum Gasteiger partial charge on any atom is 0.306 e. The topological polar surface area (TPSA) is 55.8 Å². The Morgan fingerprint density at radius 2 is 1.12 bits per heavy atom. The van der Waals surface area contributed by atoms with Crippen molar-refractivity contribution < 1.29 is 19.4 Å². The molecule has 0 fully saturated rings. The van der Waals surface area contributed by atoms with Crippen LogP contribution in [0.25, 0.3) is 0 Å². The first kappa shape index (κ1) is 38.1. The molecule has 0 amide bonds. The smallest absolute Gasteiger partial charge is 0.306 e. The van der Waals surface area contributed by atoms with Crippen LogP contribution in [-0.4, -0.2) is 37.0 Å². The Bertz CT molecular complexity index is 674. The van der Waals surface area contributed by atoms with Crippen molar-refractivity contribution in [2.75, 3.05) is 19.8 Å². The maximum absolute atomic E-state index is 12.0. The SMILES string of the molecule is CC/C=C\C/C=C\C/C=C\C/C=C\CCCCCCCOCC(CO)OC(=O)CCCCCCC/C=C\CCC. The Morgan fingerprint density at radius 3 is 1.73 bits per heavy atom. The largest absolute Gasteiger partial charge is 0.457 e. The van der Waals surface area contributed by atoms with Crippen LogP contribution in [0.4, 0.5) is 0 Å². The molecule has 0 saturated heterocycles. The third-order valence-corrected chi connectivity index (χ3v) is 6.56. The van der Waals surface area contributed by atoms with E-state index in [1.54, 1.807) is 0 Å². The molecule has 0 aromatic heterocycles. The number of aliphatic hydroxyl groups is 1. The minimum absolute atomic E-state index is 0.186. The first-order valence-electron chi connectivity index (χ1n) is 16.4. The van der Waals surface area contributed by atoms with E-state index in [1.165, 1.54) is 44.9 Å². The monoisotopic (exact) mass is 558 g/mol. The molecule has 0 aromatic carbocycles. The summed E-state index contributed by atoms with van der Waals surface area (Å²) in [5, 5.41) is 9.50. The molecule has 0 aromatic rings. The molecule has 0 heterocycles. The van der Waals surface area contributed by atoms with Crippen molar-refractivity contribution in [3.05, 3.63) is 60.8 Å². The van der Waals surface area contributed by atoms with E-state index in [0.29, 0.717) is 13.0 Å².